The lowest BCUT2D eigenvalue weighted by Crippen LogP contribution is -2.42. The minimum atomic E-state index is -3.09. The number of methoxy groups -OCH3 is 1. The average Bonchev–Trinajstić information content (AvgIpc) is 2.74. The molecule has 0 aliphatic carbocycles. The fraction of sp³-hybridized carbons (Fsp3) is 0.136. The van der Waals surface area contributed by atoms with E-state index in [4.69, 9.17) is 4.74 Å². The number of hydrogen-bond acceptors (Lipinski definition) is 4. The summed E-state index contributed by atoms with van der Waals surface area (Å²) in [6.07, 6.45) is 0. The first kappa shape index (κ1) is 20.1. The Labute approximate surface area is 167 Å². The highest BCUT2D eigenvalue weighted by molar-refractivity contribution is 5.98. The molecular formula is C22H20F2N2O3. The number of amides is 1. The van der Waals surface area contributed by atoms with Gasteiger partial charge in [-0.15, -0.1) is 0 Å². The maximum absolute atomic E-state index is 13.0. The van der Waals surface area contributed by atoms with Crippen LogP contribution >= 0.6 is 0 Å². The molecule has 1 N–H and O–H groups in total. The maximum Gasteiger partial charge on any atom is 0.387 e. The minimum Gasteiger partial charge on any atom is -0.493 e. The van der Waals surface area contributed by atoms with E-state index in [9.17, 15) is 13.6 Å². The molecule has 29 heavy (non-hydrogen) atoms. The second-order valence-electron chi connectivity index (χ2n) is 6.06. The third-order valence-corrected chi connectivity index (χ3v) is 4.14. The van der Waals surface area contributed by atoms with Gasteiger partial charge in [0, 0.05) is 0 Å². The largest absolute Gasteiger partial charge is 0.493 e. The summed E-state index contributed by atoms with van der Waals surface area (Å²) in [4.78, 5) is 13.0. The van der Waals surface area contributed by atoms with E-state index in [1.165, 1.54) is 25.3 Å². The van der Waals surface area contributed by atoms with Crippen LogP contribution in [0.15, 0.2) is 78.9 Å². The maximum atomic E-state index is 13.0. The quantitative estimate of drug-likeness (QED) is 0.562. The van der Waals surface area contributed by atoms with Gasteiger partial charge in [0.25, 0.3) is 5.91 Å². The highest BCUT2D eigenvalue weighted by Gasteiger charge is 2.22. The van der Waals surface area contributed by atoms with Gasteiger partial charge >= 0.3 is 6.61 Å². The number of alkyl halides is 2. The van der Waals surface area contributed by atoms with Crippen molar-refractivity contribution < 1.29 is 23.0 Å². The van der Waals surface area contributed by atoms with Crippen LogP contribution in [0.2, 0.25) is 0 Å². The van der Waals surface area contributed by atoms with Crippen LogP contribution in [0.25, 0.3) is 0 Å². The van der Waals surface area contributed by atoms with E-state index in [0.717, 1.165) is 11.3 Å². The van der Waals surface area contributed by atoms with Crippen molar-refractivity contribution in [2.45, 2.75) is 13.2 Å². The van der Waals surface area contributed by atoms with E-state index in [1.54, 1.807) is 5.01 Å². The number of anilines is 1. The molecule has 150 valence electrons. The lowest BCUT2D eigenvalue weighted by atomic mass is 10.1. The molecule has 0 heterocycles. The van der Waals surface area contributed by atoms with Crippen molar-refractivity contribution in [3.05, 3.63) is 90.0 Å². The van der Waals surface area contributed by atoms with Crippen molar-refractivity contribution in [1.82, 2.24) is 5.43 Å². The Morgan fingerprint density at radius 3 is 2.24 bits per heavy atom. The highest BCUT2D eigenvalue weighted by atomic mass is 19.3. The lowest BCUT2D eigenvalue weighted by molar-refractivity contribution is -0.0515. The number of para-hydroxylation sites is 2. The Kier molecular flexibility index (Phi) is 6.63. The van der Waals surface area contributed by atoms with Crippen LogP contribution in [0.3, 0.4) is 0 Å². The molecule has 3 aromatic carbocycles. The number of nitrogens with one attached hydrogen (secondary N) is 1. The first-order chi connectivity index (χ1) is 14.1. The fourth-order valence-electron chi connectivity index (χ4n) is 2.82. The van der Waals surface area contributed by atoms with Gasteiger partial charge < -0.3 is 9.47 Å². The molecule has 3 aromatic rings. The van der Waals surface area contributed by atoms with Crippen molar-refractivity contribution >= 4 is 11.6 Å². The second kappa shape index (κ2) is 9.54. The summed E-state index contributed by atoms with van der Waals surface area (Å²) < 4.78 is 35.4. The first-order valence-corrected chi connectivity index (χ1v) is 8.88. The summed E-state index contributed by atoms with van der Waals surface area (Å²) in [5, 5.41) is 1.64. The molecule has 0 bridgehead atoms. The van der Waals surface area contributed by atoms with E-state index >= 15 is 0 Å². The number of ether oxygens (including phenoxy) is 2. The van der Waals surface area contributed by atoms with Crippen molar-refractivity contribution in [1.29, 1.82) is 0 Å². The van der Waals surface area contributed by atoms with Gasteiger partial charge in [0.1, 0.15) is 0 Å². The van der Waals surface area contributed by atoms with Crippen molar-refractivity contribution in [2.75, 3.05) is 12.1 Å². The SMILES string of the molecule is COc1cccc(C(=O)NN(Cc2ccccc2)c2ccccc2)c1OC(F)F. The monoisotopic (exact) mass is 398 g/mol. The van der Waals surface area contributed by atoms with Gasteiger partial charge in [0.05, 0.1) is 24.9 Å². The van der Waals surface area contributed by atoms with E-state index in [-0.39, 0.29) is 17.1 Å². The zero-order chi connectivity index (χ0) is 20.6. The zero-order valence-corrected chi connectivity index (χ0v) is 15.7. The Balaban J connectivity index is 1.91. The molecule has 0 aliphatic rings. The van der Waals surface area contributed by atoms with Gasteiger partial charge in [0.15, 0.2) is 11.5 Å². The van der Waals surface area contributed by atoms with E-state index in [0.29, 0.717) is 6.54 Å². The number of carbonyl (C=O) groups is 1. The number of carbonyl (C=O) groups excluding carboxylic acids is 1. The lowest BCUT2D eigenvalue weighted by Gasteiger charge is -2.26. The molecule has 0 aliphatic heterocycles. The topological polar surface area (TPSA) is 50.8 Å². The third kappa shape index (κ3) is 5.22. The van der Waals surface area contributed by atoms with Crippen LogP contribution in [-0.4, -0.2) is 19.6 Å². The van der Waals surface area contributed by atoms with Crippen LogP contribution in [0, 0.1) is 0 Å². The normalized spacial score (nSPS) is 10.5. The fourth-order valence-corrected chi connectivity index (χ4v) is 2.82. The van der Waals surface area contributed by atoms with Crippen LogP contribution in [0.5, 0.6) is 11.5 Å². The van der Waals surface area contributed by atoms with Crippen molar-refractivity contribution in [3.8, 4) is 11.5 Å². The van der Waals surface area contributed by atoms with Crippen molar-refractivity contribution in [3.63, 3.8) is 0 Å². The molecule has 5 nitrogen and oxygen atoms in total. The average molecular weight is 398 g/mol. The molecule has 0 saturated heterocycles. The van der Waals surface area contributed by atoms with E-state index < -0.39 is 12.5 Å². The third-order valence-electron chi connectivity index (χ3n) is 4.14. The predicted octanol–water partition coefficient (Wildman–Crippen LogP) is 4.65. The van der Waals surface area contributed by atoms with Gasteiger partial charge in [-0.1, -0.05) is 54.6 Å². The molecule has 7 heteroatoms. The van der Waals surface area contributed by atoms with Crippen LogP contribution in [0.4, 0.5) is 14.5 Å². The number of halogens is 2. The summed E-state index contributed by atoms with van der Waals surface area (Å²) in [5.41, 5.74) is 4.42. The molecule has 0 atom stereocenters. The number of hydrogen-bond donors (Lipinski definition) is 1. The van der Waals surface area contributed by atoms with Gasteiger partial charge in [0.2, 0.25) is 0 Å². The van der Waals surface area contributed by atoms with Gasteiger partial charge in [-0.25, -0.2) is 0 Å². The highest BCUT2D eigenvalue weighted by Crippen LogP contribution is 2.32. The number of hydrazine groups is 1. The molecule has 0 saturated carbocycles. The van der Waals surface area contributed by atoms with Crippen molar-refractivity contribution in [2.24, 2.45) is 0 Å². The number of benzene rings is 3. The van der Waals surface area contributed by atoms with Crippen LogP contribution < -0.4 is 19.9 Å². The number of rotatable bonds is 8. The Morgan fingerprint density at radius 2 is 1.62 bits per heavy atom. The molecule has 1 amide bonds. The molecule has 0 spiro atoms. The summed E-state index contributed by atoms with van der Waals surface area (Å²) in [6.45, 7) is -2.71. The van der Waals surface area contributed by atoms with E-state index in [1.807, 2.05) is 60.7 Å². The standard InChI is InChI=1S/C22H20F2N2O3/c1-28-19-14-8-13-18(20(19)29-22(23)24)21(27)25-26(17-11-6-3-7-12-17)15-16-9-4-2-5-10-16/h2-14,22H,15H2,1H3,(H,25,27). The minimum absolute atomic E-state index is 0.0484. The molecular weight excluding hydrogens is 378 g/mol. The number of nitrogens with zero attached hydrogens (tertiary/aromatic N) is 1. The summed E-state index contributed by atoms with van der Waals surface area (Å²) in [7, 11) is 1.32. The zero-order valence-electron chi connectivity index (χ0n) is 15.7. The second-order valence-corrected chi connectivity index (χ2v) is 6.06. The summed E-state index contributed by atoms with van der Waals surface area (Å²) >= 11 is 0. The summed E-state index contributed by atoms with van der Waals surface area (Å²) in [5.74, 6) is -0.859. The Hall–Kier alpha value is -3.61. The molecule has 0 fully saturated rings. The summed E-state index contributed by atoms with van der Waals surface area (Å²) in [6, 6.07) is 23.2. The van der Waals surface area contributed by atoms with Crippen LogP contribution in [-0.2, 0) is 6.54 Å². The van der Waals surface area contributed by atoms with E-state index in [2.05, 4.69) is 10.2 Å². The predicted molar refractivity (Wildman–Crippen MR) is 106 cm³/mol. The molecule has 0 radical (unpaired) electrons. The smallest absolute Gasteiger partial charge is 0.387 e. The molecule has 3 rings (SSSR count). The van der Waals surface area contributed by atoms with Gasteiger partial charge in [-0.2, -0.15) is 8.78 Å². The van der Waals surface area contributed by atoms with Gasteiger partial charge in [-0.05, 0) is 29.8 Å². The first-order valence-electron chi connectivity index (χ1n) is 8.88. The Bertz CT molecular complexity index is 937. The molecule has 0 unspecified atom stereocenters. The van der Waals surface area contributed by atoms with Crippen LogP contribution in [0.1, 0.15) is 15.9 Å². The van der Waals surface area contributed by atoms with Gasteiger partial charge in [-0.3, -0.25) is 15.2 Å². The Morgan fingerprint density at radius 1 is 0.966 bits per heavy atom. The molecule has 0 aromatic heterocycles.